The molecule has 5 nitrogen and oxygen atoms in total. The molecule has 0 saturated carbocycles. The minimum atomic E-state index is -3.74. The lowest BCUT2D eigenvalue weighted by atomic mass is 9.89. The van der Waals surface area contributed by atoms with Crippen molar-refractivity contribution in [1.29, 1.82) is 0 Å². The minimum absolute atomic E-state index is 0.278. The van der Waals surface area contributed by atoms with E-state index in [0.29, 0.717) is 17.0 Å². The number of sulfonamides is 1. The summed E-state index contributed by atoms with van der Waals surface area (Å²) in [5.41, 5.74) is 2.77. The Kier molecular flexibility index (Phi) is 5.28. The number of nitrogens with one attached hydrogen (secondary N) is 2. The molecular weight excluding hydrogens is 474 g/mol. The molecule has 1 aromatic heterocycles. The Morgan fingerprint density at radius 1 is 1.06 bits per heavy atom. The van der Waals surface area contributed by atoms with E-state index in [9.17, 15) is 8.42 Å². The molecule has 5 rings (SSSR count). The minimum Gasteiger partial charge on any atom is -0.361 e. The van der Waals surface area contributed by atoms with Crippen molar-refractivity contribution in [1.82, 2.24) is 9.88 Å². The van der Waals surface area contributed by atoms with Crippen molar-refractivity contribution in [3.63, 3.8) is 0 Å². The Hall–Kier alpha value is -2.35. The van der Waals surface area contributed by atoms with E-state index in [2.05, 4.69) is 43.8 Å². The number of aromatic amines is 1. The molecule has 0 radical (unpaired) electrons. The Balaban J connectivity index is 1.50. The van der Waals surface area contributed by atoms with Crippen LogP contribution in [0.15, 0.2) is 70.2 Å². The van der Waals surface area contributed by atoms with Gasteiger partial charge in [0, 0.05) is 27.0 Å². The third-order valence-corrected chi connectivity index (χ3v) is 8.28. The van der Waals surface area contributed by atoms with Gasteiger partial charge in [-0.2, -0.15) is 0 Å². The Morgan fingerprint density at radius 2 is 1.81 bits per heavy atom. The fourth-order valence-corrected chi connectivity index (χ4v) is 6.54. The van der Waals surface area contributed by atoms with E-state index in [1.165, 1.54) is 5.56 Å². The largest absolute Gasteiger partial charge is 0.361 e. The molecule has 1 saturated heterocycles. The van der Waals surface area contributed by atoms with Gasteiger partial charge < -0.3 is 9.88 Å². The third-order valence-electron chi connectivity index (χ3n) is 6.21. The molecule has 1 aliphatic heterocycles. The summed E-state index contributed by atoms with van der Waals surface area (Å²) >= 11 is 3.69. The first-order chi connectivity index (χ1) is 14.9. The van der Waals surface area contributed by atoms with Crippen molar-refractivity contribution in [2.45, 2.75) is 23.7 Å². The highest BCUT2D eigenvalue weighted by Gasteiger charge is 2.23. The number of anilines is 1. The molecule has 0 amide bonds. The average Bonchev–Trinajstić information content (AvgIpc) is 3.18. The molecule has 0 spiro atoms. The highest BCUT2D eigenvalue weighted by molar-refractivity contribution is 9.10. The summed E-state index contributed by atoms with van der Waals surface area (Å²) < 4.78 is 30.1. The van der Waals surface area contributed by atoms with Gasteiger partial charge in [0.2, 0.25) is 0 Å². The van der Waals surface area contributed by atoms with Gasteiger partial charge >= 0.3 is 0 Å². The van der Waals surface area contributed by atoms with Gasteiger partial charge in [-0.3, -0.25) is 4.72 Å². The van der Waals surface area contributed by atoms with Gasteiger partial charge in [-0.15, -0.1) is 0 Å². The molecule has 2 N–H and O–H groups in total. The monoisotopic (exact) mass is 497 g/mol. The first-order valence-corrected chi connectivity index (χ1v) is 12.7. The molecule has 0 aliphatic carbocycles. The topological polar surface area (TPSA) is 65.2 Å². The highest BCUT2D eigenvalue weighted by atomic mass is 79.9. The molecule has 160 valence electrons. The van der Waals surface area contributed by atoms with Crippen molar-refractivity contribution < 1.29 is 8.42 Å². The lowest BCUT2D eigenvalue weighted by Crippen LogP contribution is -2.29. The summed E-state index contributed by atoms with van der Waals surface area (Å²) in [6, 6.07) is 16.6. The maximum atomic E-state index is 13.2. The first kappa shape index (κ1) is 20.5. The number of hydrogen-bond donors (Lipinski definition) is 2. The number of piperidine rings is 1. The summed E-state index contributed by atoms with van der Waals surface area (Å²) in [7, 11) is -1.57. The van der Waals surface area contributed by atoms with Gasteiger partial charge in [-0.25, -0.2) is 8.42 Å². The van der Waals surface area contributed by atoms with E-state index >= 15 is 0 Å². The SMILES string of the molecule is CN1CCC(c2c[nH]c3cc(NS(=O)(=O)c4cccc5ccccc45)cc(Br)c23)CC1. The van der Waals surface area contributed by atoms with Crippen LogP contribution in [0.25, 0.3) is 21.7 Å². The maximum absolute atomic E-state index is 13.2. The lowest BCUT2D eigenvalue weighted by Gasteiger charge is -2.28. The van der Waals surface area contributed by atoms with Crippen LogP contribution in [0.1, 0.15) is 24.3 Å². The van der Waals surface area contributed by atoms with Gasteiger partial charge in [0.05, 0.1) is 10.6 Å². The zero-order valence-electron chi connectivity index (χ0n) is 17.2. The van der Waals surface area contributed by atoms with Crippen LogP contribution >= 0.6 is 15.9 Å². The molecule has 0 bridgehead atoms. The van der Waals surface area contributed by atoms with Crippen molar-refractivity contribution in [3.8, 4) is 0 Å². The summed E-state index contributed by atoms with van der Waals surface area (Å²) in [6.45, 7) is 2.19. The van der Waals surface area contributed by atoms with Gasteiger partial charge in [-0.05, 0) is 68.0 Å². The highest BCUT2D eigenvalue weighted by Crippen LogP contribution is 2.38. The van der Waals surface area contributed by atoms with Gasteiger partial charge in [0.15, 0.2) is 0 Å². The second-order valence-corrected chi connectivity index (χ2v) is 10.8. The average molecular weight is 498 g/mol. The summed E-state index contributed by atoms with van der Waals surface area (Å²) in [5.74, 6) is 0.513. The predicted molar refractivity (Wildman–Crippen MR) is 130 cm³/mol. The Morgan fingerprint density at radius 3 is 2.61 bits per heavy atom. The van der Waals surface area contributed by atoms with Crippen molar-refractivity contribution in [3.05, 3.63) is 70.8 Å². The van der Waals surface area contributed by atoms with Crippen LogP contribution in [0, 0.1) is 0 Å². The molecule has 1 fully saturated rings. The summed E-state index contributed by atoms with van der Waals surface area (Å²) in [5, 5.41) is 2.75. The van der Waals surface area contributed by atoms with Crippen LogP contribution in [0.5, 0.6) is 0 Å². The molecule has 0 atom stereocenters. The molecule has 0 unspecified atom stereocenters. The van der Waals surface area contributed by atoms with Gasteiger partial charge in [-0.1, -0.05) is 52.3 Å². The maximum Gasteiger partial charge on any atom is 0.262 e. The normalized spacial score (nSPS) is 16.2. The standard InChI is InChI=1S/C24H24BrN3O2S/c1-28-11-9-17(10-12-28)20-15-26-22-14-18(13-21(25)24(20)22)27-31(29,30)23-8-4-6-16-5-2-3-7-19(16)23/h2-8,13-15,17,26-27H,9-12H2,1H3. The second kappa shape index (κ2) is 7.97. The summed E-state index contributed by atoms with van der Waals surface area (Å²) in [6.07, 6.45) is 4.34. The zero-order valence-corrected chi connectivity index (χ0v) is 19.6. The fraction of sp³-hybridized carbons (Fsp3) is 0.250. The van der Waals surface area contributed by atoms with Gasteiger partial charge in [0.25, 0.3) is 10.0 Å². The Labute approximate surface area is 190 Å². The van der Waals surface area contributed by atoms with E-state index in [-0.39, 0.29) is 4.90 Å². The lowest BCUT2D eigenvalue weighted by molar-refractivity contribution is 0.256. The predicted octanol–water partition coefficient (Wildman–Crippen LogP) is 5.69. The van der Waals surface area contributed by atoms with E-state index in [4.69, 9.17) is 0 Å². The van der Waals surface area contributed by atoms with Crippen LogP contribution < -0.4 is 4.72 Å². The molecule has 7 heteroatoms. The van der Waals surface area contributed by atoms with E-state index in [1.54, 1.807) is 12.1 Å². The summed E-state index contributed by atoms with van der Waals surface area (Å²) in [4.78, 5) is 5.99. The van der Waals surface area contributed by atoms with Crippen LogP contribution in [0.4, 0.5) is 5.69 Å². The van der Waals surface area contributed by atoms with Crippen LogP contribution in [-0.2, 0) is 10.0 Å². The number of aromatic nitrogens is 1. The fourth-order valence-electron chi connectivity index (χ4n) is 4.58. The number of nitrogens with zero attached hydrogens (tertiary/aromatic N) is 1. The van der Waals surface area contributed by atoms with E-state index in [0.717, 1.165) is 46.7 Å². The second-order valence-electron chi connectivity index (χ2n) is 8.28. The quantitative estimate of drug-likeness (QED) is 0.380. The molecule has 4 aromatic rings. The zero-order chi connectivity index (χ0) is 21.6. The molecule has 1 aliphatic rings. The number of fused-ring (bicyclic) bond motifs is 2. The molecular formula is C24H24BrN3O2S. The van der Waals surface area contributed by atoms with E-state index in [1.807, 2.05) is 42.5 Å². The van der Waals surface area contributed by atoms with Gasteiger partial charge in [0.1, 0.15) is 0 Å². The smallest absolute Gasteiger partial charge is 0.262 e. The molecule has 2 heterocycles. The Bertz CT molecular complexity index is 1370. The third kappa shape index (κ3) is 3.86. The number of likely N-dealkylation sites (tertiary alicyclic amines) is 1. The van der Waals surface area contributed by atoms with Crippen LogP contribution in [0.2, 0.25) is 0 Å². The molecule has 3 aromatic carbocycles. The number of hydrogen-bond acceptors (Lipinski definition) is 3. The number of H-pyrrole nitrogens is 1. The molecule has 31 heavy (non-hydrogen) atoms. The van der Waals surface area contributed by atoms with Crippen molar-refractivity contribution in [2.24, 2.45) is 0 Å². The van der Waals surface area contributed by atoms with Crippen LogP contribution in [-0.4, -0.2) is 38.4 Å². The number of halogens is 1. The number of benzene rings is 3. The van der Waals surface area contributed by atoms with Crippen molar-refractivity contribution >= 4 is 53.3 Å². The van der Waals surface area contributed by atoms with E-state index < -0.39 is 10.0 Å². The first-order valence-electron chi connectivity index (χ1n) is 10.4. The van der Waals surface area contributed by atoms with Crippen molar-refractivity contribution in [2.75, 3.05) is 24.9 Å². The number of rotatable bonds is 4. The van der Waals surface area contributed by atoms with Crippen LogP contribution in [0.3, 0.4) is 0 Å².